The highest BCUT2D eigenvalue weighted by atomic mass is 16.5. The first-order valence-corrected chi connectivity index (χ1v) is 11.0. The first-order chi connectivity index (χ1) is 16.0. The lowest BCUT2D eigenvalue weighted by Crippen LogP contribution is -2.60. The second kappa shape index (κ2) is 8.41. The Labute approximate surface area is 197 Å². The van der Waals surface area contributed by atoms with E-state index < -0.39 is 52.5 Å². The number of carboxylic acids is 1. The van der Waals surface area contributed by atoms with Crippen LogP contribution in [0.4, 0.5) is 0 Å². The van der Waals surface area contributed by atoms with Crippen LogP contribution in [0.5, 0.6) is 11.5 Å². The van der Waals surface area contributed by atoms with Gasteiger partial charge in [0, 0.05) is 11.6 Å². The summed E-state index contributed by atoms with van der Waals surface area (Å²) < 4.78 is 5.79. The van der Waals surface area contributed by atoms with Gasteiger partial charge < -0.3 is 20.1 Å². The van der Waals surface area contributed by atoms with Crippen molar-refractivity contribution < 1.29 is 34.4 Å². The van der Waals surface area contributed by atoms with E-state index in [0.717, 1.165) is 10.5 Å². The van der Waals surface area contributed by atoms with Gasteiger partial charge in [-0.05, 0) is 44.0 Å². The molecule has 2 heterocycles. The molecule has 0 radical (unpaired) electrons. The highest BCUT2D eigenvalue weighted by Crippen LogP contribution is 2.51. The van der Waals surface area contributed by atoms with Crippen molar-refractivity contribution in [3.8, 4) is 11.5 Å². The molecule has 4 atom stereocenters. The number of ether oxygens (including phenoxy) is 1. The van der Waals surface area contributed by atoms with Gasteiger partial charge in [0.05, 0.1) is 25.0 Å². The Kier molecular flexibility index (Phi) is 5.87. The third-order valence-electron chi connectivity index (χ3n) is 6.51. The fourth-order valence-electron chi connectivity index (χ4n) is 4.98. The normalized spacial score (nSPS) is 26.7. The second-order valence-corrected chi connectivity index (χ2v) is 9.81. The van der Waals surface area contributed by atoms with Crippen molar-refractivity contribution in [2.45, 2.75) is 44.5 Å². The summed E-state index contributed by atoms with van der Waals surface area (Å²) in [7, 11) is 0. The van der Waals surface area contributed by atoms with Crippen LogP contribution in [0.3, 0.4) is 0 Å². The van der Waals surface area contributed by atoms with E-state index in [1.807, 2.05) is 30.3 Å². The van der Waals surface area contributed by atoms with Gasteiger partial charge in [-0.25, -0.2) is 0 Å². The molecule has 9 nitrogen and oxygen atoms in total. The number of imide groups is 1. The van der Waals surface area contributed by atoms with E-state index in [1.165, 1.54) is 18.2 Å². The van der Waals surface area contributed by atoms with E-state index in [9.17, 15) is 29.7 Å². The molecule has 0 aliphatic carbocycles. The third-order valence-corrected chi connectivity index (χ3v) is 6.51. The number of nitrogens with zero attached hydrogens (tertiary/aromatic N) is 1. The molecule has 9 heteroatoms. The van der Waals surface area contributed by atoms with E-state index in [2.05, 4.69) is 5.32 Å². The van der Waals surface area contributed by atoms with Crippen molar-refractivity contribution in [3.05, 3.63) is 59.7 Å². The molecule has 180 valence electrons. The number of carbonyl (C=O) groups excluding carboxylic acids is 2. The quantitative estimate of drug-likeness (QED) is 0.374. The van der Waals surface area contributed by atoms with Gasteiger partial charge in [-0.1, -0.05) is 36.4 Å². The van der Waals surface area contributed by atoms with Crippen LogP contribution in [0.15, 0.2) is 48.5 Å². The van der Waals surface area contributed by atoms with Crippen LogP contribution in [0.1, 0.15) is 37.9 Å². The minimum Gasteiger partial charge on any atom is -0.504 e. The number of aromatic hydroxyl groups is 2. The summed E-state index contributed by atoms with van der Waals surface area (Å²) in [5, 5.41) is 33.1. The van der Waals surface area contributed by atoms with E-state index in [0.29, 0.717) is 5.56 Å². The van der Waals surface area contributed by atoms with Gasteiger partial charge in [0.2, 0.25) is 11.8 Å². The molecule has 2 fully saturated rings. The third kappa shape index (κ3) is 3.80. The Morgan fingerprint density at radius 3 is 2.32 bits per heavy atom. The van der Waals surface area contributed by atoms with Crippen molar-refractivity contribution >= 4 is 17.8 Å². The van der Waals surface area contributed by atoms with Crippen LogP contribution in [0.2, 0.25) is 0 Å². The molecule has 2 aliphatic rings. The van der Waals surface area contributed by atoms with E-state index >= 15 is 0 Å². The van der Waals surface area contributed by atoms with Crippen LogP contribution >= 0.6 is 0 Å². The first kappa shape index (κ1) is 23.7. The monoisotopic (exact) mass is 468 g/mol. The van der Waals surface area contributed by atoms with Crippen molar-refractivity contribution in [2.75, 3.05) is 6.61 Å². The van der Waals surface area contributed by atoms with Gasteiger partial charge in [0.1, 0.15) is 0 Å². The van der Waals surface area contributed by atoms with Crippen LogP contribution in [-0.4, -0.2) is 55.7 Å². The van der Waals surface area contributed by atoms with Crippen molar-refractivity contribution in [3.63, 3.8) is 0 Å². The Hall–Kier alpha value is -3.43. The molecular weight excluding hydrogens is 440 g/mol. The van der Waals surface area contributed by atoms with Crippen molar-refractivity contribution in [2.24, 2.45) is 11.8 Å². The van der Waals surface area contributed by atoms with Crippen molar-refractivity contribution in [1.29, 1.82) is 0 Å². The number of amides is 2. The lowest BCUT2D eigenvalue weighted by molar-refractivity contribution is -0.156. The number of nitrogens with one attached hydrogen (secondary N) is 1. The van der Waals surface area contributed by atoms with E-state index in [1.54, 1.807) is 20.8 Å². The minimum atomic E-state index is -1.87. The minimum absolute atomic E-state index is 0.130. The topological polar surface area (TPSA) is 136 Å². The Bertz CT molecular complexity index is 1130. The highest BCUT2D eigenvalue weighted by molar-refractivity contribution is 6.10. The first-order valence-electron chi connectivity index (χ1n) is 11.0. The number of hydrogen-bond donors (Lipinski definition) is 4. The number of phenols is 2. The van der Waals surface area contributed by atoms with E-state index in [-0.39, 0.29) is 19.0 Å². The van der Waals surface area contributed by atoms with Gasteiger partial charge >= 0.3 is 5.97 Å². The average Bonchev–Trinajstić information content (AvgIpc) is 3.25. The number of carboxylic acid groups (broad SMARTS) is 1. The van der Waals surface area contributed by atoms with Gasteiger partial charge in [-0.3, -0.25) is 24.6 Å². The van der Waals surface area contributed by atoms with Crippen LogP contribution in [0.25, 0.3) is 0 Å². The molecule has 0 aromatic heterocycles. The number of rotatable bonds is 6. The summed E-state index contributed by atoms with van der Waals surface area (Å²) in [6.45, 7) is 4.92. The fraction of sp³-hybridized carbons (Fsp3) is 0.400. The molecule has 0 bridgehead atoms. The number of likely N-dealkylation sites (tertiary alicyclic amines) is 1. The van der Waals surface area contributed by atoms with Crippen LogP contribution in [0, 0.1) is 11.8 Å². The number of hydrogen-bond acceptors (Lipinski definition) is 7. The predicted octanol–water partition coefficient (Wildman–Crippen LogP) is 2.18. The zero-order valence-corrected chi connectivity index (χ0v) is 19.2. The van der Waals surface area contributed by atoms with Crippen LogP contribution < -0.4 is 5.32 Å². The maximum absolute atomic E-state index is 13.6. The standard InChI is InChI=1S/C25H28N2O7/c1-24(2,3)27-21(30)18-19(22(27)31)25(23(32)33,13-34-12-14-7-5-4-6-8-14)26-20(18)15-9-10-16(28)17(29)11-15/h4-11,18-20,26,28-29H,12-13H2,1-3H3,(H,32,33). The SMILES string of the molecule is CC(C)(C)N1C(=O)C2C(c3ccc(O)c(O)c3)NC(COCc3ccccc3)(C(=O)O)C2C1=O. The molecule has 4 N–H and O–H groups in total. The van der Waals surface area contributed by atoms with Gasteiger partial charge in [-0.15, -0.1) is 0 Å². The molecule has 2 amide bonds. The zero-order valence-electron chi connectivity index (χ0n) is 19.2. The molecular formula is C25H28N2O7. The van der Waals surface area contributed by atoms with Gasteiger partial charge in [-0.2, -0.15) is 0 Å². The maximum atomic E-state index is 13.6. The Balaban J connectivity index is 1.75. The summed E-state index contributed by atoms with van der Waals surface area (Å²) in [5.41, 5.74) is -1.50. The number of fused-ring (bicyclic) bond motifs is 1. The molecule has 2 aliphatic heterocycles. The lowest BCUT2D eigenvalue weighted by Gasteiger charge is -2.35. The summed E-state index contributed by atoms with van der Waals surface area (Å²) in [5.74, 6) is -5.36. The largest absolute Gasteiger partial charge is 0.504 e. The smallest absolute Gasteiger partial charge is 0.327 e. The van der Waals surface area contributed by atoms with E-state index in [4.69, 9.17) is 4.74 Å². The molecule has 4 unspecified atom stereocenters. The molecule has 0 saturated carbocycles. The zero-order chi connectivity index (χ0) is 24.8. The molecule has 2 saturated heterocycles. The predicted molar refractivity (Wildman–Crippen MR) is 121 cm³/mol. The number of phenolic OH excluding ortho intramolecular Hbond substituents is 2. The number of aliphatic carboxylic acids is 1. The molecule has 4 rings (SSSR count). The number of benzene rings is 2. The molecule has 2 aromatic carbocycles. The second-order valence-electron chi connectivity index (χ2n) is 9.81. The maximum Gasteiger partial charge on any atom is 0.327 e. The average molecular weight is 469 g/mol. The van der Waals surface area contributed by atoms with Gasteiger partial charge in [0.15, 0.2) is 17.0 Å². The highest BCUT2D eigenvalue weighted by Gasteiger charge is 2.69. The molecule has 2 aromatic rings. The van der Waals surface area contributed by atoms with Gasteiger partial charge in [0.25, 0.3) is 0 Å². The molecule has 0 spiro atoms. The summed E-state index contributed by atoms with van der Waals surface area (Å²) in [6.07, 6.45) is 0. The Morgan fingerprint density at radius 2 is 1.74 bits per heavy atom. The summed E-state index contributed by atoms with van der Waals surface area (Å²) in [6, 6.07) is 12.3. The Morgan fingerprint density at radius 1 is 1.06 bits per heavy atom. The van der Waals surface area contributed by atoms with Crippen molar-refractivity contribution in [1.82, 2.24) is 10.2 Å². The summed E-state index contributed by atoms with van der Waals surface area (Å²) in [4.78, 5) is 40.9. The summed E-state index contributed by atoms with van der Waals surface area (Å²) >= 11 is 0. The molecule has 34 heavy (non-hydrogen) atoms. The number of carbonyl (C=O) groups is 3. The lowest BCUT2D eigenvalue weighted by atomic mass is 9.79. The fourth-order valence-corrected chi connectivity index (χ4v) is 4.98. The van der Waals surface area contributed by atoms with Crippen LogP contribution in [-0.2, 0) is 25.7 Å².